The highest BCUT2D eigenvalue weighted by molar-refractivity contribution is 7.86. The SMILES string of the molecule is CC(=O)O[C@H]1[C@H](OC(C)=O)C(COS(=O)(=O)c2ccc(C)cc2)OC(O)[C@@H]1OC(C)=O. The van der Waals surface area contributed by atoms with Crippen molar-refractivity contribution in [3.8, 4) is 0 Å². The van der Waals surface area contributed by atoms with Gasteiger partial charge in [0.15, 0.2) is 24.6 Å². The molecule has 1 heterocycles. The molecule has 1 aliphatic rings. The molecular formula is C19H24O11S. The lowest BCUT2D eigenvalue weighted by atomic mass is 9.98. The normalized spacial score (nSPS) is 26.0. The van der Waals surface area contributed by atoms with Crippen molar-refractivity contribution in [1.82, 2.24) is 0 Å². The molecule has 0 aliphatic carbocycles. The third-order valence-corrected chi connectivity index (χ3v) is 5.51. The van der Waals surface area contributed by atoms with E-state index in [2.05, 4.69) is 0 Å². The molecule has 0 saturated carbocycles. The van der Waals surface area contributed by atoms with Crippen LogP contribution in [0.25, 0.3) is 0 Å². The summed E-state index contributed by atoms with van der Waals surface area (Å²) in [5, 5.41) is 10.3. The van der Waals surface area contributed by atoms with E-state index in [9.17, 15) is 27.9 Å². The maximum atomic E-state index is 12.5. The fourth-order valence-corrected chi connectivity index (χ4v) is 3.85. The summed E-state index contributed by atoms with van der Waals surface area (Å²) in [6.07, 6.45) is -7.59. The molecule has 172 valence electrons. The molecule has 0 amide bonds. The Morgan fingerprint density at radius 3 is 1.90 bits per heavy atom. The van der Waals surface area contributed by atoms with Gasteiger partial charge in [-0.2, -0.15) is 8.42 Å². The fraction of sp³-hybridized carbons (Fsp3) is 0.526. The summed E-state index contributed by atoms with van der Waals surface area (Å²) >= 11 is 0. The van der Waals surface area contributed by atoms with Crippen molar-refractivity contribution in [3.05, 3.63) is 29.8 Å². The zero-order valence-corrected chi connectivity index (χ0v) is 18.2. The highest BCUT2D eigenvalue weighted by Crippen LogP contribution is 2.29. The first-order valence-corrected chi connectivity index (χ1v) is 10.6. The van der Waals surface area contributed by atoms with Gasteiger partial charge in [-0.1, -0.05) is 17.7 Å². The van der Waals surface area contributed by atoms with Gasteiger partial charge in [0, 0.05) is 20.8 Å². The van der Waals surface area contributed by atoms with Crippen LogP contribution in [0.5, 0.6) is 0 Å². The van der Waals surface area contributed by atoms with Crippen LogP contribution >= 0.6 is 0 Å². The molecule has 0 spiro atoms. The van der Waals surface area contributed by atoms with Crippen LogP contribution < -0.4 is 0 Å². The molecule has 1 aromatic carbocycles. The van der Waals surface area contributed by atoms with E-state index in [0.717, 1.165) is 26.3 Å². The number of esters is 3. The van der Waals surface area contributed by atoms with Gasteiger partial charge in [-0.3, -0.25) is 18.6 Å². The molecule has 12 heteroatoms. The predicted octanol–water partition coefficient (Wildman–Crippen LogP) is 0.213. The fourth-order valence-electron chi connectivity index (χ4n) is 2.94. The molecule has 5 atom stereocenters. The van der Waals surface area contributed by atoms with E-state index in [0.29, 0.717) is 0 Å². The average Bonchev–Trinajstić information content (AvgIpc) is 2.65. The van der Waals surface area contributed by atoms with Crippen molar-refractivity contribution in [2.24, 2.45) is 0 Å². The van der Waals surface area contributed by atoms with Gasteiger partial charge in [-0.25, -0.2) is 0 Å². The number of aliphatic hydroxyl groups excluding tert-OH is 1. The van der Waals surface area contributed by atoms with Gasteiger partial charge in [0.25, 0.3) is 10.1 Å². The van der Waals surface area contributed by atoms with Gasteiger partial charge in [-0.05, 0) is 19.1 Å². The number of aryl methyl sites for hydroxylation is 1. The number of hydrogen-bond acceptors (Lipinski definition) is 11. The maximum Gasteiger partial charge on any atom is 0.303 e. The Bertz CT molecular complexity index is 909. The van der Waals surface area contributed by atoms with E-state index in [1.807, 2.05) is 0 Å². The molecule has 0 bridgehead atoms. The zero-order valence-electron chi connectivity index (χ0n) is 17.3. The van der Waals surface area contributed by atoms with Gasteiger partial charge in [0.05, 0.1) is 11.5 Å². The smallest absolute Gasteiger partial charge is 0.303 e. The molecule has 1 saturated heterocycles. The molecule has 2 unspecified atom stereocenters. The second-order valence-corrected chi connectivity index (χ2v) is 8.45. The maximum absolute atomic E-state index is 12.5. The van der Waals surface area contributed by atoms with E-state index < -0.39 is 65.3 Å². The molecule has 2 rings (SSSR count). The second kappa shape index (κ2) is 10.2. The van der Waals surface area contributed by atoms with Crippen LogP contribution in [-0.2, 0) is 47.6 Å². The molecule has 1 fully saturated rings. The second-order valence-electron chi connectivity index (χ2n) is 6.84. The number of aliphatic hydroxyl groups is 1. The van der Waals surface area contributed by atoms with Crippen LogP contribution in [0.1, 0.15) is 26.3 Å². The topological polar surface area (TPSA) is 152 Å². The highest BCUT2D eigenvalue weighted by atomic mass is 32.2. The number of hydrogen-bond donors (Lipinski definition) is 1. The van der Waals surface area contributed by atoms with E-state index in [-0.39, 0.29) is 4.90 Å². The van der Waals surface area contributed by atoms with Crippen LogP contribution in [0.3, 0.4) is 0 Å². The Morgan fingerprint density at radius 1 is 0.903 bits per heavy atom. The number of benzene rings is 1. The molecular weight excluding hydrogens is 436 g/mol. The number of carbonyl (C=O) groups excluding carboxylic acids is 3. The molecule has 11 nitrogen and oxygen atoms in total. The molecule has 1 aliphatic heterocycles. The summed E-state index contributed by atoms with van der Waals surface area (Å²) in [5.74, 6) is -2.45. The summed E-state index contributed by atoms with van der Waals surface area (Å²) in [7, 11) is -4.21. The molecule has 1 N–H and O–H groups in total. The van der Waals surface area contributed by atoms with E-state index in [4.69, 9.17) is 23.1 Å². The van der Waals surface area contributed by atoms with Gasteiger partial charge in [0.1, 0.15) is 6.10 Å². The lowest BCUT2D eigenvalue weighted by Crippen LogP contribution is -2.62. The van der Waals surface area contributed by atoms with Crippen molar-refractivity contribution in [3.63, 3.8) is 0 Å². The van der Waals surface area contributed by atoms with Gasteiger partial charge < -0.3 is 24.1 Å². The van der Waals surface area contributed by atoms with Crippen molar-refractivity contribution >= 4 is 28.0 Å². The number of ether oxygens (including phenoxy) is 4. The summed E-state index contributed by atoms with van der Waals surface area (Å²) in [4.78, 5) is 34.4. The Morgan fingerprint density at radius 2 is 1.39 bits per heavy atom. The van der Waals surface area contributed by atoms with Crippen molar-refractivity contribution in [2.45, 2.75) is 63.3 Å². The minimum Gasteiger partial charge on any atom is -0.456 e. The number of rotatable bonds is 7. The average molecular weight is 460 g/mol. The number of carbonyl (C=O) groups is 3. The van der Waals surface area contributed by atoms with E-state index >= 15 is 0 Å². The van der Waals surface area contributed by atoms with Gasteiger partial charge in [-0.15, -0.1) is 0 Å². The lowest BCUT2D eigenvalue weighted by molar-refractivity contribution is -0.294. The Kier molecular flexibility index (Phi) is 8.12. The highest BCUT2D eigenvalue weighted by Gasteiger charge is 2.51. The first-order valence-electron chi connectivity index (χ1n) is 9.22. The van der Waals surface area contributed by atoms with E-state index in [1.165, 1.54) is 12.1 Å². The van der Waals surface area contributed by atoms with Gasteiger partial charge in [0.2, 0.25) is 0 Å². The van der Waals surface area contributed by atoms with Gasteiger partial charge >= 0.3 is 17.9 Å². The molecule has 0 radical (unpaired) electrons. The third-order valence-electron chi connectivity index (χ3n) is 4.21. The Labute approximate surface area is 179 Å². The van der Waals surface area contributed by atoms with Crippen molar-refractivity contribution in [1.29, 1.82) is 0 Å². The summed E-state index contributed by atoms with van der Waals surface area (Å²) < 4.78 is 50.5. The standard InChI is InChI=1S/C19H24O11S/c1-10-5-7-14(8-6-10)31(24,25)26-9-15-16(27-11(2)20)17(28-12(3)21)18(19(23)30-15)29-13(4)22/h5-8,15-19,23H,9H2,1-4H3/t15?,16-,17+,18-,19?/m1/s1. The Hall–Kier alpha value is -2.54. The van der Waals surface area contributed by atoms with Crippen LogP contribution in [0.4, 0.5) is 0 Å². The van der Waals surface area contributed by atoms with E-state index in [1.54, 1.807) is 19.1 Å². The summed E-state index contributed by atoms with van der Waals surface area (Å²) in [5.41, 5.74) is 0.841. The molecule has 1 aromatic rings. The largest absolute Gasteiger partial charge is 0.456 e. The first kappa shape index (κ1) is 24.7. The summed E-state index contributed by atoms with van der Waals surface area (Å²) in [6.45, 7) is 4.28. The Balaban J connectivity index is 2.29. The zero-order chi connectivity index (χ0) is 23.3. The quantitative estimate of drug-likeness (QED) is 0.338. The molecule has 0 aromatic heterocycles. The minimum atomic E-state index is -4.21. The van der Waals surface area contributed by atoms with Crippen LogP contribution in [0.15, 0.2) is 29.2 Å². The lowest BCUT2D eigenvalue weighted by Gasteiger charge is -2.42. The minimum absolute atomic E-state index is 0.118. The monoisotopic (exact) mass is 460 g/mol. The predicted molar refractivity (Wildman–Crippen MR) is 102 cm³/mol. The first-order chi connectivity index (χ1) is 14.4. The molecule has 31 heavy (non-hydrogen) atoms. The van der Waals surface area contributed by atoms with Crippen molar-refractivity contribution in [2.75, 3.05) is 6.61 Å². The summed E-state index contributed by atoms with van der Waals surface area (Å²) in [6, 6.07) is 5.87. The van der Waals surface area contributed by atoms with Crippen LogP contribution in [0.2, 0.25) is 0 Å². The van der Waals surface area contributed by atoms with Crippen LogP contribution in [-0.4, -0.2) is 68.7 Å². The third kappa shape index (κ3) is 6.72. The van der Waals surface area contributed by atoms with Crippen molar-refractivity contribution < 1.29 is 51.0 Å². The van der Waals surface area contributed by atoms with Crippen LogP contribution in [0, 0.1) is 6.92 Å².